The summed E-state index contributed by atoms with van der Waals surface area (Å²) in [7, 11) is 1.72. The molecule has 3 rings (SSSR count). The predicted molar refractivity (Wildman–Crippen MR) is 104 cm³/mol. The molecule has 1 heterocycles. The van der Waals surface area contributed by atoms with Gasteiger partial charge in [0.2, 0.25) is 0 Å². The van der Waals surface area contributed by atoms with Gasteiger partial charge >= 0.3 is 0 Å². The van der Waals surface area contributed by atoms with Crippen LogP contribution in [0.1, 0.15) is 36.3 Å². The number of hydrogen-bond donors (Lipinski definition) is 1. The highest BCUT2D eigenvalue weighted by atomic mass is 19.1. The van der Waals surface area contributed by atoms with Gasteiger partial charge in [0.05, 0.1) is 6.10 Å². The molecule has 5 heteroatoms. The predicted octanol–water partition coefficient (Wildman–Crippen LogP) is 3.92. The molecule has 0 radical (unpaired) electrons. The first-order valence-corrected chi connectivity index (χ1v) is 9.58. The highest BCUT2D eigenvalue weighted by Gasteiger charge is 2.26. The van der Waals surface area contributed by atoms with Crippen LogP contribution in [-0.4, -0.2) is 43.8 Å². The minimum absolute atomic E-state index is 0.0868. The van der Waals surface area contributed by atoms with Crippen LogP contribution < -0.4 is 5.73 Å². The zero-order valence-electron chi connectivity index (χ0n) is 15.8. The van der Waals surface area contributed by atoms with Gasteiger partial charge < -0.3 is 15.4 Å². The van der Waals surface area contributed by atoms with Gasteiger partial charge in [-0.25, -0.2) is 8.78 Å². The van der Waals surface area contributed by atoms with Crippen LogP contribution in [0.2, 0.25) is 0 Å². The first kappa shape index (κ1) is 19.9. The van der Waals surface area contributed by atoms with Crippen molar-refractivity contribution in [3.8, 4) is 0 Å². The monoisotopic (exact) mass is 374 g/mol. The van der Waals surface area contributed by atoms with Gasteiger partial charge in [-0.2, -0.15) is 0 Å². The molecule has 1 aliphatic rings. The molecule has 2 N–H and O–H groups in total. The Morgan fingerprint density at radius 2 is 1.59 bits per heavy atom. The Morgan fingerprint density at radius 3 is 2.11 bits per heavy atom. The number of piperidine rings is 1. The van der Waals surface area contributed by atoms with E-state index in [9.17, 15) is 8.78 Å². The van der Waals surface area contributed by atoms with Crippen LogP contribution in [-0.2, 0) is 4.74 Å². The second kappa shape index (κ2) is 9.40. The molecule has 2 aromatic carbocycles. The third kappa shape index (κ3) is 5.34. The lowest BCUT2D eigenvalue weighted by Gasteiger charge is -2.36. The van der Waals surface area contributed by atoms with Gasteiger partial charge in [0.15, 0.2) is 0 Å². The Balaban J connectivity index is 1.65. The fraction of sp³-hybridized carbons (Fsp3) is 0.455. The molecule has 3 nitrogen and oxygen atoms in total. The summed E-state index contributed by atoms with van der Waals surface area (Å²) in [5.41, 5.74) is 8.20. The molecular weight excluding hydrogens is 346 g/mol. The number of hydrogen-bond acceptors (Lipinski definition) is 3. The second-order valence-corrected chi connectivity index (χ2v) is 7.33. The third-order valence-electron chi connectivity index (χ3n) is 5.51. The minimum atomic E-state index is -0.244. The molecular formula is C22H28F2N2O. The van der Waals surface area contributed by atoms with Gasteiger partial charge in [-0.15, -0.1) is 0 Å². The van der Waals surface area contributed by atoms with Crippen molar-refractivity contribution in [3.05, 3.63) is 71.3 Å². The van der Waals surface area contributed by atoms with E-state index in [4.69, 9.17) is 10.5 Å². The Bertz CT molecular complexity index is 660. The zero-order valence-corrected chi connectivity index (χ0v) is 15.8. The lowest BCUT2D eigenvalue weighted by molar-refractivity contribution is 0.0163. The van der Waals surface area contributed by atoms with Crippen LogP contribution in [0.4, 0.5) is 8.78 Å². The van der Waals surface area contributed by atoms with E-state index >= 15 is 0 Å². The first-order valence-electron chi connectivity index (χ1n) is 9.58. The molecule has 2 aromatic rings. The summed E-state index contributed by atoms with van der Waals surface area (Å²) >= 11 is 0. The van der Waals surface area contributed by atoms with Crippen molar-refractivity contribution < 1.29 is 13.5 Å². The largest absolute Gasteiger partial charge is 0.379 e. The SMILES string of the molecule is CO[C@@H]1CN(CCCC(c2ccc(F)cc2)c2ccc(F)cc2)CC[C@@H]1N. The molecule has 0 saturated carbocycles. The molecule has 0 unspecified atom stereocenters. The van der Waals surface area contributed by atoms with Gasteiger partial charge in [-0.3, -0.25) is 0 Å². The summed E-state index contributed by atoms with van der Waals surface area (Å²) < 4.78 is 32.1. The van der Waals surface area contributed by atoms with Gasteiger partial charge in [0.1, 0.15) is 11.6 Å². The summed E-state index contributed by atoms with van der Waals surface area (Å²) in [6.45, 7) is 2.81. The summed E-state index contributed by atoms with van der Waals surface area (Å²) in [6, 6.07) is 13.4. The van der Waals surface area contributed by atoms with Crippen LogP contribution in [0.3, 0.4) is 0 Å². The van der Waals surface area contributed by atoms with Crippen molar-refractivity contribution >= 4 is 0 Å². The fourth-order valence-corrected chi connectivity index (χ4v) is 3.89. The first-order chi connectivity index (χ1) is 13.1. The van der Waals surface area contributed by atoms with Gasteiger partial charge in [0.25, 0.3) is 0 Å². The van der Waals surface area contributed by atoms with Crippen molar-refractivity contribution in [2.24, 2.45) is 5.73 Å². The average molecular weight is 374 g/mol. The number of nitrogens with two attached hydrogens (primary N) is 1. The maximum atomic E-state index is 13.3. The zero-order chi connectivity index (χ0) is 19.2. The lowest BCUT2D eigenvalue weighted by atomic mass is 9.87. The summed E-state index contributed by atoms with van der Waals surface area (Å²) in [4.78, 5) is 2.39. The number of likely N-dealkylation sites (tertiary alicyclic amines) is 1. The Hall–Kier alpha value is -1.82. The molecule has 27 heavy (non-hydrogen) atoms. The molecule has 0 bridgehead atoms. The number of halogens is 2. The lowest BCUT2D eigenvalue weighted by Crippen LogP contribution is -2.51. The fourth-order valence-electron chi connectivity index (χ4n) is 3.89. The maximum Gasteiger partial charge on any atom is 0.123 e. The molecule has 0 aliphatic carbocycles. The van der Waals surface area contributed by atoms with Crippen LogP contribution in [0, 0.1) is 11.6 Å². The molecule has 0 spiro atoms. The van der Waals surface area contributed by atoms with Crippen LogP contribution in [0.25, 0.3) is 0 Å². The quantitative estimate of drug-likeness (QED) is 0.798. The van der Waals surface area contributed by atoms with E-state index in [1.54, 1.807) is 7.11 Å². The Kier molecular flexibility index (Phi) is 6.94. The standard InChI is InChI=1S/C22H28F2N2O/c1-27-22-15-26(14-12-21(22)25)13-2-3-20(16-4-8-18(23)9-5-16)17-6-10-19(24)11-7-17/h4-11,20-22H,2-3,12-15,25H2,1H3/t21-,22+/m0/s1. The molecule has 1 saturated heterocycles. The minimum Gasteiger partial charge on any atom is -0.379 e. The van der Waals surface area contributed by atoms with Gasteiger partial charge in [-0.05, 0) is 67.7 Å². The molecule has 2 atom stereocenters. The van der Waals surface area contributed by atoms with Crippen molar-refractivity contribution in [3.63, 3.8) is 0 Å². The highest BCUT2D eigenvalue weighted by molar-refractivity contribution is 5.32. The van der Waals surface area contributed by atoms with Crippen LogP contribution in [0.5, 0.6) is 0 Å². The second-order valence-electron chi connectivity index (χ2n) is 7.33. The van der Waals surface area contributed by atoms with E-state index < -0.39 is 0 Å². The number of ether oxygens (including phenoxy) is 1. The molecule has 0 amide bonds. The van der Waals surface area contributed by atoms with E-state index in [1.165, 1.54) is 24.3 Å². The number of rotatable bonds is 7. The summed E-state index contributed by atoms with van der Waals surface area (Å²) in [6.07, 6.45) is 2.93. The summed E-state index contributed by atoms with van der Waals surface area (Å²) in [5, 5.41) is 0. The third-order valence-corrected chi connectivity index (χ3v) is 5.51. The van der Waals surface area contributed by atoms with E-state index in [0.29, 0.717) is 0 Å². The smallest absolute Gasteiger partial charge is 0.123 e. The number of nitrogens with zero attached hydrogens (tertiary/aromatic N) is 1. The van der Waals surface area contributed by atoms with Crippen molar-refractivity contribution in [1.29, 1.82) is 0 Å². The van der Waals surface area contributed by atoms with Gasteiger partial charge in [-0.1, -0.05) is 24.3 Å². The van der Waals surface area contributed by atoms with Crippen molar-refractivity contribution in [1.82, 2.24) is 4.90 Å². The van der Waals surface area contributed by atoms with E-state index in [-0.39, 0.29) is 29.7 Å². The Labute approximate surface area is 160 Å². The van der Waals surface area contributed by atoms with E-state index in [0.717, 1.165) is 50.0 Å². The van der Waals surface area contributed by atoms with Gasteiger partial charge in [0, 0.05) is 25.6 Å². The molecule has 1 fully saturated rings. The molecule has 146 valence electrons. The van der Waals surface area contributed by atoms with E-state index in [2.05, 4.69) is 4.90 Å². The van der Waals surface area contributed by atoms with Crippen LogP contribution >= 0.6 is 0 Å². The van der Waals surface area contributed by atoms with Crippen molar-refractivity contribution in [2.75, 3.05) is 26.7 Å². The topological polar surface area (TPSA) is 38.5 Å². The number of benzene rings is 2. The maximum absolute atomic E-state index is 13.3. The highest BCUT2D eigenvalue weighted by Crippen LogP contribution is 2.30. The Morgan fingerprint density at radius 1 is 1.04 bits per heavy atom. The number of methoxy groups -OCH3 is 1. The molecule has 1 aliphatic heterocycles. The van der Waals surface area contributed by atoms with Crippen molar-refractivity contribution in [2.45, 2.75) is 37.3 Å². The van der Waals surface area contributed by atoms with E-state index in [1.807, 2.05) is 24.3 Å². The summed E-state index contributed by atoms with van der Waals surface area (Å²) in [5.74, 6) is -0.366. The molecule has 0 aromatic heterocycles. The average Bonchev–Trinajstić information content (AvgIpc) is 2.68. The normalized spacial score (nSPS) is 20.9. The van der Waals surface area contributed by atoms with Crippen LogP contribution in [0.15, 0.2) is 48.5 Å².